The van der Waals surface area contributed by atoms with E-state index in [2.05, 4.69) is 21.5 Å². The number of hydrogen-bond acceptors (Lipinski definition) is 8. The van der Waals surface area contributed by atoms with E-state index < -0.39 is 17.3 Å². The summed E-state index contributed by atoms with van der Waals surface area (Å²) in [6.45, 7) is 8.57. The van der Waals surface area contributed by atoms with Crippen LogP contribution in [0.3, 0.4) is 0 Å². The molecule has 5 heterocycles. The molecule has 2 bridgehead atoms. The second-order valence-electron chi connectivity index (χ2n) is 11.1. The molecule has 1 unspecified atom stereocenters. The summed E-state index contributed by atoms with van der Waals surface area (Å²) in [4.78, 5) is 44.8. The normalized spacial score (nSPS) is 19.2. The molecule has 2 atom stereocenters. The van der Waals surface area contributed by atoms with Crippen molar-refractivity contribution < 1.29 is 18.3 Å². The molecule has 1 saturated heterocycles. The highest BCUT2D eigenvalue weighted by molar-refractivity contribution is 7.99. The molecule has 220 valence electrons. The zero-order valence-corrected chi connectivity index (χ0v) is 24.4. The van der Waals surface area contributed by atoms with Gasteiger partial charge in [-0.25, -0.2) is 23.1 Å². The van der Waals surface area contributed by atoms with Crippen molar-refractivity contribution in [2.24, 2.45) is 0 Å². The molecule has 43 heavy (non-hydrogen) atoms. The minimum absolute atomic E-state index is 0.0551. The lowest BCUT2D eigenvalue weighted by atomic mass is 10.1. The van der Waals surface area contributed by atoms with Gasteiger partial charge in [0.25, 0.3) is 0 Å². The Kier molecular flexibility index (Phi) is 6.68. The summed E-state index contributed by atoms with van der Waals surface area (Å²) in [5.41, 5.74) is 0.328. The monoisotopic (exact) mass is 602 g/mol. The molecular formula is C31H28F2N6O3S. The molecule has 2 fully saturated rings. The Hall–Kier alpha value is -4.32. The van der Waals surface area contributed by atoms with Crippen molar-refractivity contribution in [3.8, 4) is 22.7 Å². The van der Waals surface area contributed by atoms with Crippen LogP contribution in [0, 0.1) is 11.6 Å². The maximum Gasteiger partial charge on any atom is 0.355 e. The zero-order chi connectivity index (χ0) is 30.0. The van der Waals surface area contributed by atoms with Gasteiger partial charge in [0.15, 0.2) is 11.5 Å². The van der Waals surface area contributed by atoms with Crippen LogP contribution in [-0.2, 0) is 4.79 Å². The van der Waals surface area contributed by atoms with Crippen LogP contribution in [0.2, 0.25) is 0 Å². The molecule has 9 nitrogen and oxygen atoms in total. The topological polar surface area (TPSA) is 93.5 Å². The van der Waals surface area contributed by atoms with Gasteiger partial charge in [-0.2, -0.15) is 4.98 Å². The number of anilines is 1. The summed E-state index contributed by atoms with van der Waals surface area (Å²) in [6.07, 6.45) is 3.69. The highest BCUT2D eigenvalue weighted by atomic mass is 32.2. The van der Waals surface area contributed by atoms with Gasteiger partial charge in [0.2, 0.25) is 5.91 Å². The van der Waals surface area contributed by atoms with E-state index in [0.29, 0.717) is 42.0 Å². The van der Waals surface area contributed by atoms with E-state index >= 15 is 8.78 Å². The molecule has 1 saturated carbocycles. The van der Waals surface area contributed by atoms with Gasteiger partial charge < -0.3 is 14.5 Å². The number of amides is 1. The quantitative estimate of drug-likeness (QED) is 0.312. The van der Waals surface area contributed by atoms with E-state index in [4.69, 9.17) is 4.74 Å². The van der Waals surface area contributed by atoms with E-state index in [9.17, 15) is 9.59 Å². The molecule has 0 spiro atoms. The fraction of sp³-hybridized carbons (Fsp3) is 0.323. The van der Waals surface area contributed by atoms with Gasteiger partial charge in [-0.1, -0.05) is 26.5 Å². The minimum Gasteiger partial charge on any atom is -0.492 e. The third-order valence-electron chi connectivity index (χ3n) is 8.13. The lowest BCUT2D eigenvalue weighted by molar-refractivity contribution is -0.126. The summed E-state index contributed by atoms with van der Waals surface area (Å²) in [5.74, 6) is -0.748. The molecule has 1 aliphatic carbocycles. The Morgan fingerprint density at radius 3 is 2.79 bits per heavy atom. The van der Waals surface area contributed by atoms with Crippen LogP contribution in [-0.4, -0.2) is 67.9 Å². The van der Waals surface area contributed by atoms with Crippen molar-refractivity contribution in [3.05, 3.63) is 77.0 Å². The first kappa shape index (κ1) is 27.5. The van der Waals surface area contributed by atoms with Crippen molar-refractivity contribution in [3.63, 3.8) is 0 Å². The van der Waals surface area contributed by atoms with Crippen LogP contribution in [0.1, 0.15) is 31.9 Å². The van der Waals surface area contributed by atoms with Crippen LogP contribution in [0.15, 0.2) is 58.9 Å². The summed E-state index contributed by atoms with van der Waals surface area (Å²) >= 11 is 1.47. The van der Waals surface area contributed by atoms with Crippen LogP contribution in [0.5, 0.6) is 5.75 Å². The second-order valence-corrected chi connectivity index (χ2v) is 12.2. The number of thioether (sulfide) groups is 1. The van der Waals surface area contributed by atoms with Gasteiger partial charge in [-0.15, -0.1) is 11.8 Å². The maximum atomic E-state index is 16.1. The number of aromatic nitrogens is 4. The third kappa shape index (κ3) is 4.46. The van der Waals surface area contributed by atoms with Crippen LogP contribution >= 0.6 is 11.8 Å². The summed E-state index contributed by atoms with van der Waals surface area (Å²) < 4.78 is 38.8. The summed E-state index contributed by atoms with van der Waals surface area (Å²) in [5, 5.41) is 0.306. The molecular weight excluding hydrogens is 574 g/mol. The molecule has 12 heteroatoms. The third-order valence-corrected chi connectivity index (χ3v) is 9.15. The Labute approximate surface area is 250 Å². The number of pyridine rings is 2. The number of halogens is 2. The average molecular weight is 603 g/mol. The lowest BCUT2D eigenvalue weighted by Crippen LogP contribution is -2.49. The van der Waals surface area contributed by atoms with Crippen LogP contribution in [0.4, 0.5) is 14.6 Å². The van der Waals surface area contributed by atoms with Crippen molar-refractivity contribution in [2.45, 2.75) is 43.2 Å². The fourth-order valence-corrected chi connectivity index (χ4v) is 6.99. The van der Waals surface area contributed by atoms with Crippen molar-refractivity contribution in [1.82, 2.24) is 24.4 Å². The minimum atomic E-state index is -0.773. The largest absolute Gasteiger partial charge is 0.492 e. The van der Waals surface area contributed by atoms with Crippen LogP contribution < -0.4 is 15.3 Å². The van der Waals surface area contributed by atoms with Gasteiger partial charge >= 0.3 is 5.69 Å². The first-order chi connectivity index (χ1) is 20.8. The number of hydrogen-bond donors (Lipinski definition) is 0. The van der Waals surface area contributed by atoms with E-state index in [1.165, 1.54) is 40.6 Å². The van der Waals surface area contributed by atoms with Gasteiger partial charge in [0, 0.05) is 29.9 Å². The molecule has 3 aliphatic rings. The van der Waals surface area contributed by atoms with E-state index in [0.717, 1.165) is 4.90 Å². The first-order valence-electron chi connectivity index (χ1n) is 14.1. The molecule has 0 radical (unpaired) electrons. The molecule has 1 amide bonds. The number of ether oxygens (including phenoxy) is 1. The van der Waals surface area contributed by atoms with Crippen molar-refractivity contribution in [2.75, 3.05) is 30.3 Å². The van der Waals surface area contributed by atoms with E-state index in [1.54, 1.807) is 17.2 Å². The number of nitrogens with zero attached hydrogens (tertiary/aromatic N) is 6. The Morgan fingerprint density at radius 2 is 2.00 bits per heavy atom. The lowest BCUT2D eigenvalue weighted by Gasteiger charge is -2.35. The molecule has 2 aliphatic heterocycles. The molecule has 1 aromatic carbocycles. The Bertz CT molecular complexity index is 1880. The number of rotatable bonds is 3. The number of carbonyl (C=O) groups is 1. The fourth-order valence-electron chi connectivity index (χ4n) is 6.11. The predicted molar refractivity (Wildman–Crippen MR) is 160 cm³/mol. The Morgan fingerprint density at radius 1 is 1.16 bits per heavy atom. The summed E-state index contributed by atoms with van der Waals surface area (Å²) in [6, 6.07) is 7.27. The number of benzene rings is 1. The van der Waals surface area contributed by atoms with Gasteiger partial charge in [-0.05, 0) is 42.7 Å². The number of carbonyl (C=O) groups excluding carboxylic acids is 1. The molecule has 4 aromatic rings. The van der Waals surface area contributed by atoms with Crippen molar-refractivity contribution >= 4 is 34.5 Å². The van der Waals surface area contributed by atoms with Crippen LogP contribution in [0.25, 0.3) is 28.0 Å². The van der Waals surface area contributed by atoms with E-state index in [1.807, 2.05) is 24.8 Å². The zero-order valence-electron chi connectivity index (χ0n) is 23.6. The highest BCUT2D eigenvalue weighted by Gasteiger charge is 2.51. The number of piperazine rings is 1. The molecule has 0 N–H and O–H groups in total. The predicted octanol–water partition coefficient (Wildman–Crippen LogP) is 4.70. The smallest absolute Gasteiger partial charge is 0.355 e. The van der Waals surface area contributed by atoms with Gasteiger partial charge in [-0.3, -0.25) is 9.78 Å². The SMILES string of the molecule is C=CC(=O)N1CCN(c2nc(=O)n3c4nc(c(F)cc24)-c2c(F)cccc2OCCSc2ccnc(C(C)C)c2-3)[C@H]2CC21. The molecule has 7 rings (SSSR count). The van der Waals surface area contributed by atoms with Crippen molar-refractivity contribution in [1.29, 1.82) is 0 Å². The maximum absolute atomic E-state index is 16.1. The van der Waals surface area contributed by atoms with E-state index in [-0.39, 0.29) is 59.0 Å². The second kappa shape index (κ2) is 10.4. The van der Waals surface area contributed by atoms with Gasteiger partial charge in [0.05, 0.1) is 41.0 Å². The Balaban J connectivity index is 1.53. The van der Waals surface area contributed by atoms with Gasteiger partial charge in [0.1, 0.15) is 23.1 Å². The average Bonchev–Trinajstić information content (AvgIpc) is 3.79. The first-order valence-corrected chi connectivity index (χ1v) is 15.1. The highest BCUT2D eigenvalue weighted by Crippen LogP contribution is 2.43. The molecule has 3 aromatic heterocycles. The standard InChI is InChI=1S/C31H28F2N6O3S/c1-4-24(40)37-10-11-38(21-15-20(21)37)29-17-14-19(33)27-25-18(32)6-5-7-22(25)42-12-13-43-23-8-9-34-26(16(2)3)28(23)39(30(17)35-27)31(41)36-29/h4-9,14,16,20-21H,1,10-13,15H2,2-3H3/t20?,21-/m0/s1. The number of fused-ring (bicyclic) bond motifs is 6. The summed E-state index contributed by atoms with van der Waals surface area (Å²) in [7, 11) is 0.